The number of nitrogens with two attached hydrogens (primary N) is 1. The summed E-state index contributed by atoms with van der Waals surface area (Å²) < 4.78 is 0. The van der Waals surface area contributed by atoms with Gasteiger partial charge in [0.1, 0.15) is 0 Å². The lowest BCUT2D eigenvalue weighted by atomic mass is 10.1. The molecule has 0 saturated heterocycles. The average molecular weight is 372 g/mol. The first-order valence-electron chi connectivity index (χ1n) is 8.37. The molecule has 3 N–H and O–H groups in total. The van der Waals surface area contributed by atoms with Crippen molar-refractivity contribution < 1.29 is 4.79 Å². The van der Waals surface area contributed by atoms with Crippen LogP contribution in [0.1, 0.15) is 10.4 Å². The summed E-state index contributed by atoms with van der Waals surface area (Å²) in [7, 11) is 0. The first-order chi connectivity index (χ1) is 13.1. The molecule has 1 heterocycles. The van der Waals surface area contributed by atoms with Crippen LogP contribution in [-0.2, 0) is 0 Å². The highest BCUT2D eigenvalue weighted by molar-refractivity contribution is 7.80. The van der Waals surface area contributed by atoms with Gasteiger partial charge >= 0.3 is 0 Å². The lowest BCUT2D eigenvalue weighted by molar-refractivity contribution is 0.0955. The zero-order valence-corrected chi connectivity index (χ0v) is 15.1. The Morgan fingerprint density at radius 3 is 2.41 bits per heavy atom. The number of hydrogen-bond donors (Lipinski definition) is 2. The van der Waals surface area contributed by atoms with Gasteiger partial charge in [0.15, 0.2) is 5.11 Å². The van der Waals surface area contributed by atoms with Gasteiger partial charge in [-0.15, -0.1) is 0 Å². The van der Waals surface area contributed by atoms with E-state index in [-0.39, 0.29) is 11.0 Å². The molecule has 1 amide bonds. The molecule has 4 rings (SSSR count). The van der Waals surface area contributed by atoms with E-state index in [0.717, 1.165) is 21.8 Å². The van der Waals surface area contributed by atoms with Gasteiger partial charge in [-0.1, -0.05) is 42.5 Å². The molecule has 0 radical (unpaired) electrons. The van der Waals surface area contributed by atoms with Crippen molar-refractivity contribution in [3.63, 3.8) is 0 Å². The Kier molecular flexibility index (Phi) is 4.40. The Balaban J connectivity index is 1.80. The number of nitrogens with zero attached hydrogens (tertiary/aromatic N) is 2. The van der Waals surface area contributed by atoms with Crippen molar-refractivity contribution in [1.29, 1.82) is 0 Å². The molecule has 0 spiro atoms. The molecule has 6 heteroatoms. The van der Waals surface area contributed by atoms with Gasteiger partial charge < -0.3 is 5.73 Å². The third kappa shape index (κ3) is 3.30. The summed E-state index contributed by atoms with van der Waals surface area (Å²) in [5.41, 5.74) is 11.6. The second-order valence-corrected chi connectivity index (χ2v) is 6.42. The molecule has 0 atom stereocenters. The number of nitrogens with one attached hydrogen (secondary N) is 1. The Bertz CT molecular complexity index is 1160. The van der Waals surface area contributed by atoms with E-state index in [1.807, 2.05) is 54.6 Å². The molecule has 0 aliphatic rings. The summed E-state index contributed by atoms with van der Waals surface area (Å²) in [5.74, 6) is -0.297. The number of carbonyl (C=O) groups is 1. The number of aromatic nitrogens is 1. The van der Waals surface area contributed by atoms with Crippen LogP contribution in [0, 0.1) is 0 Å². The zero-order valence-electron chi connectivity index (χ0n) is 14.3. The van der Waals surface area contributed by atoms with Crippen molar-refractivity contribution in [2.24, 2.45) is 5.73 Å². The van der Waals surface area contributed by atoms with Crippen LogP contribution in [-0.4, -0.2) is 16.0 Å². The lowest BCUT2D eigenvalue weighted by Crippen LogP contribution is -2.49. The van der Waals surface area contributed by atoms with E-state index in [1.165, 1.54) is 5.01 Å². The van der Waals surface area contributed by atoms with Crippen LogP contribution in [0.3, 0.4) is 0 Å². The number of hydrazine groups is 1. The average Bonchev–Trinajstić information content (AvgIpc) is 2.70. The van der Waals surface area contributed by atoms with Crippen molar-refractivity contribution >= 4 is 50.7 Å². The van der Waals surface area contributed by atoms with Crippen molar-refractivity contribution in [2.75, 3.05) is 5.01 Å². The molecule has 0 fully saturated rings. The molecule has 0 aliphatic carbocycles. The molecule has 5 nitrogen and oxygen atoms in total. The van der Waals surface area contributed by atoms with E-state index in [9.17, 15) is 4.79 Å². The fourth-order valence-corrected chi connectivity index (χ4v) is 3.11. The topological polar surface area (TPSA) is 71.2 Å². The molecule has 0 aliphatic heterocycles. The van der Waals surface area contributed by atoms with Crippen LogP contribution in [0.5, 0.6) is 0 Å². The predicted octanol–water partition coefficient (Wildman–Crippen LogP) is 3.78. The minimum absolute atomic E-state index is 0.0416. The molecule has 0 saturated carbocycles. The minimum atomic E-state index is -0.297. The standard InChI is InChI=1S/C21H16N4OS/c22-21(27)25(24-20(26)14-7-2-1-3-8-14)19-12-6-11-18-16(19)13-15-9-4-5-10-17(15)23-18/h1-13H,(H2,22,27)(H,24,26). The van der Waals surface area contributed by atoms with E-state index in [2.05, 4.69) is 5.43 Å². The van der Waals surface area contributed by atoms with Gasteiger partial charge in [-0.25, -0.2) is 9.99 Å². The number of rotatable bonds is 2. The monoisotopic (exact) mass is 372 g/mol. The number of carbonyl (C=O) groups excluding carboxylic acids is 1. The highest BCUT2D eigenvalue weighted by atomic mass is 32.1. The Morgan fingerprint density at radius 1 is 0.926 bits per heavy atom. The van der Waals surface area contributed by atoms with Crippen LogP contribution in [0.2, 0.25) is 0 Å². The zero-order chi connectivity index (χ0) is 18.8. The summed E-state index contributed by atoms with van der Waals surface area (Å²) in [4.78, 5) is 17.3. The highest BCUT2D eigenvalue weighted by Crippen LogP contribution is 2.28. The van der Waals surface area contributed by atoms with Crippen molar-refractivity contribution in [1.82, 2.24) is 10.4 Å². The van der Waals surface area contributed by atoms with Gasteiger partial charge in [-0.3, -0.25) is 10.2 Å². The third-order valence-electron chi connectivity index (χ3n) is 4.25. The quantitative estimate of drug-likeness (QED) is 0.318. The van der Waals surface area contributed by atoms with Crippen LogP contribution in [0.4, 0.5) is 5.69 Å². The molecule has 4 aromatic rings. The molecule has 0 unspecified atom stereocenters. The van der Waals surface area contributed by atoms with Crippen LogP contribution in [0.15, 0.2) is 78.9 Å². The van der Waals surface area contributed by atoms with E-state index in [1.54, 1.807) is 24.3 Å². The second kappa shape index (κ2) is 7.01. The Labute approximate surface area is 161 Å². The summed E-state index contributed by atoms with van der Waals surface area (Å²) in [6, 6.07) is 24.4. The van der Waals surface area contributed by atoms with Crippen molar-refractivity contribution in [2.45, 2.75) is 0 Å². The fraction of sp³-hybridized carbons (Fsp3) is 0. The van der Waals surface area contributed by atoms with Crippen molar-refractivity contribution in [3.8, 4) is 0 Å². The molecular weight excluding hydrogens is 356 g/mol. The number of benzene rings is 3. The molecule has 0 bridgehead atoms. The van der Waals surface area contributed by atoms with Crippen LogP contribution >= 0.6 is 12.2 Å². The second-order valence-electron chi connectivity index (χ2n) is 6.01. The normalized spacial score (nSPS) is 10.7. The summed E-state index contributed by atoms with van der Waals surface area (Å²) >= 11 is 5.19. The van der Waals surface area contributed by atoms with Gasteiger partial charge in [0.25, 0.3) is 5.91 Å². The van der Waals surface area contributed by atoms with E-state index in [4.69, 9.17) is 22.9 Å². The van der Waals surface area contributed by atoms with Gasteiger partial charge in [0.05, 0.1) is 16.7 Å². The van der Waals surface area contributed by atoms with Crippen LogP contribution in [0.25, 0.3) is 21.8 Å². The molecule has 132 valence electrons. The van der Waals surface area contributed by atoms with Crippen LogP contribution < -0.4 is 16.2 Å². The smallest absolute Gasteiger partial charge is 0.270 e. The maximum atomic E-state index is 12.6. The number of pyridine rings is 1. The molecule has 3 aromatic carbocycles. The molecular formula is C21H16N4OS. The van der Waals surface area contributed by atoms with Gasteiger partial charge in [-0.05, 0) is 48.6 Å². The number of anilines is 1. The first kappa shape index (κ1) is 16.9. The third-order valence-corrected chi connectivity index (χ3v) is 4.43. The maximum absolute atomic E-state index is 12.6. The lowest BCUT2D eigenvalue weighted by Gasteiger charge is -2.24. The largest absolute Gasteiger partial charge is 0.374 e. The van der Waals surface area contributed by atoms with E-state index in [0.29, 0.717) is 11.3 Å². The first-order valence-corrected chi connectivity index (χ1v) is 8.78. The Hall–Kier alpha value is -3.51. The van der Waals surface area contributed by atoms with Gasteiger partial charge in [-0.2, -0.15) is 0 Å². The number of fused-ring (bicyclic) bond motifs is 2. The highest BCUT2D eigenvalue weighted by Gasteiger charge is 2.17. The predicted molar refractivity (Wildman–Crippen MR) is 112 cm³/mol. The SMILES string of the molecule is NC(=S)N(NC(=O)c1ccccc1)c1cccc2nc3ccccc3cc12. The minimum Gasteiger partial charge on any atom is -0.374 e. The van der Waals surface area contributed by atoms with E-state index >= 15 is 0 Å². The Morgan fingerprint density at radius 2 is 1.63 bits per heavy atom. The molecule has 27 heavy (non-hydrogen) atoms. The van der Waals surface area contributed by atoms with Crippen molar-refractivity contribution in [3.05, 3.63) is 84.4 Å². The number of thiocarbonyl (C=S) groups is 1. The number of para-hydroxylation sites is 1. The summed E-state index contributed by atoms with van der Waals surface area (Å²) in [6.45, 7) is 0. The van der Waals surface area contributed by atoms with E-state index < -0.39 is 0 Å². The molecule has 1 aromatic heterocycles. The fourth-order valence-electron chi connectivity index (χ4n) is 2.97. The summed E-state index contributed by atoms with van der Waals surface area (Å²) in [5, 5.41) is 3.30. The summed E-state index contributed by atoms with van der Waals surface area (Å²) in [6.07, 6.45) is 0. The number of amides is 1. The van der Waals surface area contributed by atoms with Gasteiger partial charge in [0.2, 0.25) is 0 Å². The maximum Gasteiger partial charge on any atom is 0.270 e. The number of hydrogen-bond acceptors (Lipinski definition) is 3. The van der Waals surface area contributed by atoms with Gasteiger partial charge in [0, 0.05) is 16.3 Å².